The molecular weight excluding hydrogens is 370 g/mol. The Hall–Kier alpha value is -3.50. The smallest absolute Gasteiger partial charge is 0.256 e. The molecule has 136 valence electrons. The van der Waals surface area contributed by atoms with E-state index in [1.807, 2.05) is 42.5 Å². The average Bonchev–Trinajstić information content (AvgIpc) is 2.75. The quantitative estimate of drug-likeness (QED) is 0.489. The van der Waals surface area contributed by atoms with Gasteiger partial charge in [0.15, 0.2) is 5.82 Å². The van der Waals surface area contributed by atoms with E-state index < -0.39 is 0 Å². The number of carbonyl (C=O) groups excluding carboxylic acids is 1. The van der Waals surface area contributed by atoms with Crippen LogP contribution in [0.25, 0.3) is 22.3 Å². The predicted octanol–water partition coefficient (Wildman–Crippen LogP) is 5.72. The fourth-order valence-corrected chi connectivity index (χ4v) is 3.14. The number of benzene rings is 3. The van der Waals surface area contributed by atoms with E-state index in [0.717, 1.165) is 22.3 Å². The molecule has 4 nitrogen and oxygen atoms in total. The molecule has 0 aliphatic heterocycles. The van der Waals surface area contributed by atoms with Crippen LogP contribution in [0.1, 0.15) is 10.4 Å². The highest BCUT2D eigenvalue weighted by molar-refractivity contribution is 6.33. The third-order valence-corrected chi connectivity index (χ3v) is 4.67. The lowest BCUT2D eigenvalue weighted by atomic mass is 9.99. The number of hydrogen-bond acceptors (Lipinski definition) is 3. The van der Waals surface area contributed by atoms with E-state index in [0.29, 0.717) is 16.4 Å². The van der Waals surface area contributed by atoms with Crippen molar-refractivity contribution in [2.24, 2.45) is 0 Å². The first kappa shape index (κ1) is 17.9. The molecule has 0 spiro atoms. The third-order valence-electron chi connectivity index (χ3n) is 4.34. The normalized spacial score (nSPS) is 10.5. The van der Waals surface area contributed by atoms with Crippen LogP contribution in [-0.4, -0.2) is 15.9 Å². The molecule has 0 fully saturated rings. The number of nitrogens with one attached hydrogen (secondary N) is 1. The second kappa shape index (κ2) is 8.03. The van der Waals surface area contributed by atoms with Crippen molar-refractivity contribution in [1.82, 2.24) is 9.97 Å². The van der Waals surface area contributed by atoms with Crippen LogP contribution in [0.5, 0.6) is 0 Å². The Kier molecular flexibility index (Phi) is 5.13. The maximum Gasteiger partial charge on any atom is 0.256 e. The zero-order valence-corrected chi connectivity index (χ0v) is 15.6. The second-order valence-corrected chi connectivity index (χ2v) is 6.59. The topological polar surface area (TPSA) is 54.9 Å². The van der Waals surface area contributed by atoms with Crippen LogP contribution in [0.2, 0.25) is 5.02 Å². The van der Waals surface area contributed by atoms with Crippen LogP contribution < -0.4 is 5.32 Å². The minimum Gasteiger partial charge on any atom is -0.305 e. The Bertz CT molecular complexity index is 1100. The maximum atomic E-state index is 12.5. The fourth-order valence-electron chi connectivity index (χ4n) is 2.91. The molecule has 3 aromatic carbocycles. The second-order valence-electron chi connectivity index (χ2n) is 6.18. The Morgan fingerprint density at radius 3 is 2.25 bits per heavy atom. The van der Waals surface area contributed by atoms with Crippen molar-refractivity contribution in [3.63, 3.8) is 0 Å². The summed E-state index contributed by atoms with van der Waals surface area (Å²) in [7, 11) is 0. The monoisotopic (exact) mass is 385 g/mol. The Morgan fingerprint density at radius 2 is 1.54 bits per heavy atom. The van der Waals surface area contributed by atoms with Gasteiger partial charge >= 0.3 is 0 Å². The molecule has 4 aromatic rings. The molecule has 0 atom stereocenters. The molecule has 28 heavy (non-hydrogen) atoms. The van der Waals surface area contributed by atoms with Crippen LogP contribution in [0.4, 0.5) is 5.82 Å². The molecule has 0 aliphatic rings. The summed E-state index contributed by atoms with van der Waals surface area (Å²) in [5.41, 5.74) is 4.51. The molecule has 0 radical (unpaired) electrons. The summed E-state index contributed by atoms with van der Waals surface area (Å²) in [4.78, 5) is 20.5. The predicted molar refractivity (Wildman–Crippen MR) is 112 cm³/mol. The third kappa shape index (κ3) is 3.92. The molecule has 1 N–H and O–H groups in total. The molecule has 4 rings (SSSR count). The van der Waals surface area contributed by atoms with Crippen molar-refractivity contribution >= 4 is 23.3 Å². The van der Waals surface area contributed by atoms with E-state index >= 15 is 0 Å². The lowest BCUT2D eigenvalue weighted by Gasteiger charge is -2.10. The summed E-state index contributed by atoms with van der Waals surface area (Å²) >= 11 is 6.40. The lowest BCUT2D eigenvalue weighted by molar-refractivity contribution is 0.102. The van der Waals surface area contributed by atoms with Crippen molar-refractivity contribution < 1.29 is 4.79 Å². The molecule has 0 bridgehead atoms. The van der Waals surface area contributed by atoms with E-state index in [9.17, 15) is 4.79 Å². The van der Waals surface area contributed by atoms with Gasteiger partial charge in [0, 0.05) is 28.5 Å². The molecule has 5 heteroatoms. The summed E-state index contributed by atoms with van der Waals surface area (Å²) in [6.07, 6.45) is 4.57. The van der Waals surface area contributed by atoms with E-state index in [1.165, 1.54) is 12.4 Å². The number of nitrogens with zero attached hydrogens (tertiary/aromatic N) is 2. The zero-order chi connectivity index (χ0) is 19.3. The van der Waals surface area contributed by atoms with Crippen molar-refractivity contribution in [1.29, 1.82) is 0 Å². The van der Waals surface area contributed by atoms with E-state index in [-0.39, 0.29) is 5.91 Å². The molecular formula is C23H16ClN3O. The highest BCUT2D eigenvalue weighted by Gasteiger charge is 2.11. The van der Waals surface area contributed by atoms with Gasteiger partial charge in [0.1, 0.15) is 0 Å². The zero-order valence-electron chi connectivity index (χ0n) is 14.8. The summed E-state index contributed by atoms with van der Waals surface area (Å²) in [6, 6.07) is 23.5. The summed E-state index contributed by atoms with van der Waals surface area (Å²) in [6.45, 7) is 0. The average molecular weight is 386 g/mol. The van der Waals surface area contributed by atoms with Gasteiger partial charge in [-0.3, -0.25) is 9.78 Å². The van der Waals surface area contributed by atoms with E-state index in [1.54, 1.807) is 24.4 Å². The van der Waals surface area contributed by atoms with Gasteiger partial charge in [-0.25, -0.2) is 4.98 Å². The van der Waals surface area contributed by atoms with Gasteiger partial charge in [-0.2, -0.15) is 0 Å². The number of anilines is 1. The van der Waals surface area contributed by atoms with E-state index in [4.69, 9.17) is 11.6 Å². The molecule has 1 aromatic heterocycles. The number of amides is 1. The van der Waals surface area contributed by atoms with Crippen molar-refractivity contribution in [2.45, 2.75) is 0 Å². The SMILES string of the molecule is O=C(Nc1cnccn1)c1ccc(Cl)c(-c2ccc(-c3ccccc3)cc2)c1. The Morgan fingerprint density at radius 1 is 0.821 bits per heavy atom. The first-order valence-corrected chi connectivity index (χ1v) is 9.11. The first-order valence-electron chi connectivity index (χ1n) is 8.73. The standard InChI is InChI=1S/C23H16ClN3O/c24-21-11-10-19(23(28)27-22-15-25-12-13-26-22)14-20(21)18-8-6-17(7-9-18)16-4-2-1-3-5-16/h1-15H,(H,26,27,28). The lowest BCUT2D eigenvalue weighted by Crippen LogP contribution is -2.13. The minimum atomic E-state index is -0.265. The van der Waals surface area contributed by atoms with Crippen LogP contribution in [0, 0.1) is 0 Å². The van der Waals surface area contributed by atoms with Crippen molar-refractivity contribution in [2.75, 3.05) is 5.32 Å². The Balaban J connectivity index is 1.61. The number of hydrogen-bond donors (Lipinski definition) is 1. The van der Waals surface area contributed by atoms with Gasteiger partial charge in [0.05, 0.1) is 6.20 Å². The minimum absolute atomic E-state index is 0.265. The maximum absolute atomic E-state index is 12.5. The van der Waals surface area contributed by atoms with Gasteiger partial charge in [-0.1, -0.05) is 66.2 Å². The summed E-state index contributed by atoms with van der Waals surface area (Å²) < 4.78 is 0. The summed E-state index contributed by atoms with van der Waals surface area (Å²) in [5, 5.41) is 3.32. The largest absolute Gasteiger partial charge is 0.305 e. The first-order chi connectivity index (χ1) is 13.7. The number of aromatic nitrogens is 2. The van der Waals surface area contributed by atoms with Crippen LogP contribution in [0.3, 0.4) is 0 Å². The van der Waals surface area contributed by atoms with Gasteiger partial charge < -0.3 is 5.32 Å². The molecule has 0 unspecified atom stereocenters. The number of rotatable bonds is 4. The molecule has 0 saturated carbocycles. The Labute approximate surface area is 167 Å². The number of halogens is 1. The highest BCUT2D eigenvalue weighted by atomic mass is 35.5. The van der Waals surface area contributed by atoms with Crippen molar-refractivity contribution in [3.8, 4) is 22.3 Å². The fraction of sp³-hybridized carbons (Fsp3) is 0. The summed E-state index contributed by atoms with van der Waals surface area (Å²) in [5.74, 6) is 0.135. The highest BCUT2D eigenvalue weighted by Crippen LogP contribution is 2.31. The molecule has 0 saturated heterocycles. The van der Waals surface area contributed by atoms with Crippen molar-refractivity contribution in [3.05, 3.63) is 102 Å². The molecule has 1 heterocycles. The molecule has 0 aliphatic carbocycles. The number of carbonyl (C=O) groups is 1. The van der Waals surface area contributed by atoms with Crippen LogP contribution >= 0.6 is 11.6 Å². The van der Waals surface area contributed by atoms with E-state index in [2.05, 4.69) is 27.4 Å². The van der Waals surface area contributed by atoms with Gasteiger partial charge in [0.25, 0.3) is 5.91 Å². The van der Waals surface area contributed by atoms with Crippen LogP contribution in [0.15, 0.2) is 91.4 Å². The van der Waals surface area contributed by atoms with Gasteiger partial charge in [-0.05, 0) is 34.9 Å². The molecule has 1 amide bonds. The van der Waals surface area contributed by atoms with Gasteiger partial charge in [-0.15, -0.1) is 0 Å². The van der Waals surface area contributed by atoms with Gasteiger partial charge in [0.2, 0.25) is 0 Å². The van der Waals surface area contributed by atoms with Crippen LogP contribution in [-0.2, 0) is 0 Å².